The molecular formula is C9H11NO3. The zero-order valence-electron chi connectivity index (χ0n) is 7.25. The third-order valence-electron chi connectivity index (χ3n) is 2.89. The summed E-state index contributed by atoms with van der Waals surface area (Å²) < 4.78 is 0. The van der Waals surface area contributed by atoms with Gasteiger partial charge in [0.25, 0.3) is 0 Å². The van der Waals surface area contributed by atoms with E-state index in [4.69, 9.17) is 5.11 Å². The number of carbonyl (C=O) groups is 2. The highest BCUT2D eigenvalue weighted by molar-refractivity contribution is 5.92. The molecule has 0 saturated carbocycles. The van der Waals surface area contributed by atoms with Crippen LogP contribution in [-0.2, 0) is 9.59 Å². The summed E-state index contributed by atoms with van der Waals surface area (Å²) in [6.45, 7) is 4.16. The van der Waals surface area contributed by atoms with Gasteiger partial charge in [-0.25, -0.2) is 4.79 Å². The average molecular weight is 181 g/mol. The monoisotopic (exact) mass is 181 g/mol. The summed E-state index contributed by atoms with van der Waals surface area (Å²) in [5.74, 6) is -0.946. The highest BCUT2D eigenvalue weighted by atomic mass is 16.4. The van der Waals surface area contributed by atoms with Gasteiger partial charge in [0, 0.05) is 19.4 Å². The molecule has 4 nitrogen and oxygen atoms in total. The van der Waals surface area contributed by atoms with Gasteiger partial charge in [-0.15, -0.1) is 0 Å². The topological polar surface area (TPSA) is 57.6 Å². The van der Waals surface area contributed by atoms with E-state index in [1.165, 1.54) is 4.90 Å². The Hall–Kier alpha value is -1.32. The molecule has 0 bridgehead atoms. The molecule has 13 heavy (non-hydrogen) atoms. The van der Waals surface area contributed by atoms with Crippen LogP contribution in [0.5, 0.6) is 0 Å². The van der Waals surface area contributed by atoms with E-state index in [2.05, 4.69) is 6.58 Å². The van der Waals surface area contributed by atoms with Crippen LogP contribution in [0.15, 0.2) is 12.2 Å². The first-order chi connectivity index (χ1) is 6.06. The Morgan fingerprint density at radius 3 is 2.85 bits per heavy atom. The first kappa shape index (κ1) is 8.29. The van der Waals surface area contributed by atoms with Crippen molar-refractivity contribution in [3.05, 3.63) is 12.2 Å². The van der Waals surface area contributed by atoms with Crippen molar-refractivity contribution in [2.24, 2.45) is 0 Å². The van der Waals surface area contributed by atoms with Gasteiger partial charge in [0.15, 0.2) is 0 Å². The summed E-state index contributed by atoms with van der Waals surface area (Å²) in [6.07, 6.45) is 1.22. The van der Waals surface area contributed by atoms with Crippen molar-refractivity contribution in [2.45, 2.75) is 24.8 Å². The minimum absolute atomic E-state index is 0.0546. The predicted molar refractivity (Wildman–Crippen MR) is 45.1 cm³/mol. The van der Waals surface area contributed by atoms with Gasteiger partial charge in [0.2, 0.25) is 5.91 Å². The second-order valence-corrected chi connectivity index (χ2v) is 3.74. The molecular weight excluding hydrogens is 170 g/mol. The number of carboxylic acids is 1. The number of hydrogen-bond donors (Lipinski definition) is 1. The fourth-order valence-corrected chi connectivity index (χ4v) is 2.24. The Morgan fingerprint density at radius 1 is 1.62 bits per heavy atom. The fourth-order valence-electron chi connectivity index (χ4n) is 2.24. The minimum atomic E-state index is -0.950. The summed E-state index contributed by atoms with van der Waals surface area (Å²) in [7, 11) is 0. The number of nitrogens with zero attached hydrogens (tertiary/aromatic N) is 1. The lowest BCUT2D eigenvalue weighted by Crippen LogP contribution is -2.47. The fraction of sp³-hybridized carbons (Fsp3) is 0.556. The number of carbonyl (C=O) groups excluding carboxylic acids is 1. The number of fused-ring (bicyclic) bond motifs is 1. The molecule has 0 radical (unpaired) electrons. The zero-order chi connectivity index (χ0) is 9.64. The second-order valence-electron chi connectivity index (χ2n) is 3.74. The maximum Gasteiger partial charge on any atom is 0.329 e. The summed E-state index contributed by atoms with van der Waals surface area (Å²) in [6, 6.07) is 0. The van der Waals surface area contributed by atoms with E-state index in [9.17, 15) is 9.59 Å². The van der Waals surface area contributed by atoms with E-state index in [1.807, 2.05) is 0 Å². The van der Waals surface area contributed by atoms with Crippen molar-refractivity contribution in [3.8, 4) is 0 Å². The molecule has 2 aliphatic rings. The van der Waals surface area contributed by atoms with E-state index < -0.39 is 11.5 Å². The van der Waals surface area contributed by atoms with Gasteiger partial charge in [-0.1, -0.05) is 12.2 Å². The number of hydrogen-bond acceptors (Lipinski definition) is 2. The third kappa shape index (κ3) is 0.913. The molecule has 2 heterocycles. The standard InChI is InChI=1S/C9H11NO3/c1-6-4-9(8(12)13)3-2-7(11)10(9)5-6/h1-5H2,(H,12,13). The molecule has 2 aliphatic heterocycles. The van der Waals surface area contributed by atoms with Crippen LogP contribution in [0, 0.1) is 0 Å². The van der Waals surface area contributed by atoms with Crippen molar-refractivity contribution in [1.29, 1.82) is 0 Å². The normalized spacial score (nSPS) is 32.5. The van der Waals surface area contributed by atoms with Gasteiger partial charge in [-0.3, -0.25) is 4.79 Å². The predicted octanol–water partition coefficient (Wildman–Crippen LogP) is 0.392. The average Bonchev–Trinajstić information content (AvgIpc) is 2.51. The summed E-state index contributed by atoms with van der Waals surface area (Å²) in [5, 5.41) is 9.07. The SMILES string of the molecule is C=C1CN2C(=O)CCC2(C(=O)O)C1. The van der Waals surface area contributed by atoms with Crippen LogP contribution in [0.2, 0.25) is 0 Å². The van der Waals surface area contributed by atoms with E-state index in [0.29, 0.717) is 25.8 Å². The van der Waals surface area contributed by atoms with Crippen LogP contribution in [0.3, 0.4) is 0 Å². The van der Waals surface area contributed by atoms with Gasteiger partial charge in [-0.2, -0.15) is 0 Å². The summed E-state index contributed by atoms with van der Waals surface area (Å²) in [4.78, 5) is 23.8. The molecule has 0 aromatic carbocycles. The van der Waals surface area contributed by atoms with Crippen LogP contribution in [0.1, 0.15) is 19.3 Å². The van der Waals surface area contributed by atoms with Crippen molar-refractivity contribution in [2.75, 3.05) is 6.54 Å². The maximum atomic E-state index is 11.3. The summed E-state index contributed by atoms with van der Waals surface area (Å²) in [5.41, 5.74) is -0.107. The molecule has 2 fully saturated rings. The van der Waals surface area contributed by atoms with E-state index in [1.54, 1.807) is 0 Å². The van der Waals surface area contributed by atoms with Crippen molar-refractivity contribution >= 4 is 11.9 Å². The Kier molecular flexibility index (Phi) is 1.49. The molecule has 4 heteroatoms. The number of amides is 1. The third-order valence-corrected chi connectivity index (χ3v) is 2.89. The van der Waals surface area contributed by atoms with Crippen molar-refractivity contribution in [3.63, 3.8) is 0 Å². The highest BCUT2D eigenvalue weighted by Gasteiger charge is 2.55. The van der Waals surface area contributed by atoms with Crippen LogP contribution < -0.4 is 0 Å². The van der Waals surface area contributed by atoms with Gasteiger partial charge in [-0.05, 0) is 6.42 Å². The highest BCUT2D eigenvalue weighted by Crippen LogP contribution is 2.41. The lowest BCUT2D eigenvalue weighted by atomic mass is 9.93. The first-order valence-corrected chi connectivity index (χ1v) is 4.27. The van der Waals surface area contributed by atoms with Crippen LogP contribution >= 0.6 is 0 Å². The van der Waals surface area contributed by atoms with E-state index >= 15 is 0 Å². The minimum Gasteiger partial charge on any atom is -0.479 e. The molecule has 1 unspecified atom stereocenters. The smallest absolute Gasteiger partial charge is 0.329 e. The molecule has 0 aliphatic carbocycles. The lowest BCUT2D eigenvalue weighted by Gasteiger charge is -2.26. The van der Waals surface area contributed by atoms with Crippen molar-refractivity contribution in [1.82, 2.24) is 4.90 Å². The second kappa shape index (κ2) is 2.34. The van der Waals surface area contributed by atoms with Gasteiger partial charge >= 0.3 is 5.97 Å². The first-order valence-electron chi connectivity index (χ1n) is 4.27. The van der Waals surface area contributed by atoms with Gasteiger partial charge < -0.3 is 10.0 Å². The zero-order valence-corrected chi connectivity index (χ0v) is 7.25. The number of rotatable bonds is 1. The Bertz CT molecular complexity index is 310. The Labute approximate surface area is 75.8 Å². The molecule has 2 saturated heterocycles. The largest absolute Gasteiger partial charge is 0.479 e. The van der Waals surface area contributed by atoms with Crippen LogP contribution in [0.4, 0.5) is 0 Å². The molecule has 0 spiro atoms. The molecule has 1 atom stereocenters. The lowest BCUT2D eigenvalue weighted by molar-refractivity contribution is -0.151. The molecule has 1 N–H and O–H groups in total. The van der Waals surface area contributed by atoms with Crippen LogP contribution in [-0.4, -0.2) is 34.0 Å². The number of aliphatic carboxylic acids is 1. The van der Waals surface area contributed by atoms with E-state index in [-0.39, 0.29) is 5.91 Å². The molecule has 0 aromatic rings. The van der Waals surface area contributed by atoms with Gasteiger partial charge in [0.05, 0.1) is 0 Å². The quantitative estimate of drug-likeness (QED) is 0.595. The molecule has 70 valence electrons. The van der Waals surface area contributed by atoms with Gasteiger partial charge in [0.1, 0.15) is 5.54 Å². The molecule has 1 amide bonds. The molecule has 0 aromatic heterocycles. The molecule has 2 rings (SSSR count). The van der Waals surface area contributed by atoms with E-state index in [0.717, 1.165) is 5.57 Å². The number of carboxylic acid groups (broad SMARTS) is 1. The van der Waals surface area contributed by atoms with Crippen molar-refractivity contribution < 1.29 is 14.7 Å². The Balaban J connectivity index is 2.40. The maximum absolute atomic E-state index is 11.3. The van der Waals surface area contributed by atoms with Crippen LogP contribution in [0.25, 0.3) is 0 Å². The summed E-state index contributed by atoms with van der Waals surface area (Å²) >= 11 is 0. The Morgan fingerprint density at radius 2 is 2.31 bits per heavy atom.